The van der Waals surface area contributed by atoms with Crippen LogP contribution in [0.5, 0.6) is 17.2 Å². The van der Waals surface area contributed by atoms with Gasteiger partial charge in [0.05, 0.1) is 21.3 Å². The number of ether oxygens (including phenoxy) is 3. The van der Waals surface area contributed by atoms with E-state index in [1.54, 1.807) is 33.5 Å². The van der Waals surface area contributed by atoms with Crippen LogP contribution in [0.3, 0.4) is 0 Å². The largest absolute Gasteiger partial charge is 0.493 e. The van der Waals surface area contributed by atoms with Gasteiger partial charge in [-0.05, 0) is 49.1 Å². The molecule has 3 rings (SSSR count). The number of nitrogens with one attached hydrogen (secondary N) is 1. The molecule has 30 heavy (non-hydrogen) atoms. The van der Waals surface area contributed by atoms with Crippen molar-refractivity contribution in [1.82, 2.24) is 5.32 Å². The Morgan fingerprint density at radius 2 is 1.87 bits per heavy atom. The van der Waals surface area contributed by atoms with E-state index in [2.05, 4.69) is 34.5 Å². The molecule has 0 fully saturated rings. The van der Waals surface area contributed by atoms with Crippen molar-refractivity contribution < 1.29 is 19.0 Å². The third kappa shape index (κ3) is 5.06. The lowest BCUT2D eigenvalue weighted by Gasteiger charge is -2.31. The maximum Gasteiger partial charge on any atom is 0.244 e. The molecular weight excluding hydrogens is 380 g/mol. The number of hydrogen-bond donors (Lipinski definition) is 1. The minimum atomic E-state index is -0.133. The zero-order valence-corrected chi connectivity index (χ0v) is 17.9. The first kappa shape index (κ1) is 21.6. The van der Waals surface area contributed by atoms with Gasteiger partial charge >= 0.3 is 0 Å². The third-order valence-electron chi connectivity index (χ3n) is 5.26. The van der Waals surface area contributed by atoms with E-state index >= 15 is 0 Å². The van der Waals surface area contributed by atoms with Crippen molar-refractivity contribution >= 4 is 17.7 Å². The van der Waals surface area contributed by atoms with Crippen LogP contribution in [0, 0.1) is 0 Å². The molecule has 0 saturated heterocycles. The molecule has 0 aliphatic carbocycles. The standard InChI is InChI=1S/C24H30N2O4/c1-28-21-13-11-19(23(29-2)24(21)30-3)12-14-22(27)25-15-7-17-26-16-6-9-18-8-4-5-10-20(18)26/h4-5,8,10-14H,6-7,9,15-17H2,1-3H3,(H,25,27)/b14-12+. The lowest BCUT2D eigenvalue weighted by Crippen LogP contribution is -2.32. The molecule has 0 bridgehead atoms. The van der Waals surface area contributed by atoms with E-state index in [4.69, 9.17) is 14.2 Å². The fourth-order valence-electron chi connectivity index (χ4n) is 3.81. The van der Waals surface area contributed by atoms with Gasteiger partial charge in [-0.1, -0.05) is 18.2 Å². The first-order valence-corrected chi connectivity index (χ1v) is 10.3. The zero-order valence-electron chi connectivity index (χ0n) is 17.9. The highest BCUT2D eigenvalue weighted by Crippen LogP contribution is 2.40. The molecule has 160 valence electrons. The number of carbonyl (C=O) groups excluding carboxylic acids is 1. The summed E-state index contributed by atoms with van der Waals surface area (Å²) in [5, 5.41) is 2.96. The minimum absolute atomic E-state index is 0.133. The number of anilines is 1. The van der Waals surface area contributed by atoms with E-state index in [1.807, 2.05) is 6.07 Å². The Bertz CT molecular complexity index is 895. The fraction of sp³-hybridized carbons (Fsp3) is 0.375. The number of fused-ring (bicyclic) bond motifs is 1. The number of amides is 1. The van der Waals surface area contributed by atoms with Crippen LogP contribution in [0.15, 0.2) is 42.5 Å². The topological polar surface area (TPSA) is 60.0 Å². The van der Waals surface area contributed by atoms with E-state index in [1.165, 1.54) is 23.7 Å². The van der Waals surface area contributed by atoms with Gasteiger partial charge in [0.15, 0.2) is 11.5 Å². The van der Waals surface area contributed by atoms with Crippen LogP contribution < -0.4 is 24.4 Å². The van der Waals surface area contributed by atoms with Crippen molar-refractivity contribution in [2.75, 3.05) is 45.9 Å². The van der Waals surface area contributed by atoms with E-state index in [0.717, 1.165) is 31.5 Å². The second-order valence-electron chi connectivity index (χ2n) is 7.12. The predicted molar refractivity (Wildman–Crippen MR) is 120 cm³/mol. The summed E-state index contributed by atoms with van der Waals surface area (Å²) in [5.41, 5.74) is 3.49. The molecule has 0 radical (unpaired) electrons. The summed E-state index contributed by atoms with van der Waals surface area (Å²) >= 11 is 0. The van der Waals surface area contributed by atoms with Crippen molar-refractivity contribution in [2.45, 2.75) is 19.3 Å². The molecule has 0 spiro atoms. The number of methoxy groups -OCH3 is 3. The summed E-state index contributed by atoms with van der Waals surface area (Å²) < 4.78 is 16.1. The SMILES string of the molecule is COc1ccc(/C=C/C(=O)NCCCN2CCCc3ccccc32)c(OC)c1OC. The van der Waals surface area contributed by atoms with Crippen molar-refractivity contribution in [3.8, 4) is 17.2 Å². The van der Waals surface area contributed by atoms with Crippen LogP contribution in [0.2, 0.25) is 0 Å². The average Bonchev–Trinajstić information content (AvgIpc) is 2.79. The van der Waals surface area contributed by atoms with E-state index in [0.29, 0.717) is 23.8 Å². The van der Waals surface area contributed by atoms with Gasteiger partial charge in [-0.2, -0.15) is 0 Å². The molecule has 1 N–H and O–H groups in total. The Balaban J connectivity index is 1.51. The molecule has 1 aliphatic heterocycles. The molecule has 1 aliphatic rings. The molecule has 0 saturated carbocycles. The van der Waals surface area contributed by atoms with E-state index < -0.39 is 0 Å². The molecule has 2 aromatic rings. The van der Waals surface area contributed by atoms with Gasteiger partial charge in [0.25, 0.3) is 0 Å². The van der Waals surface area contributed by atoms with Crippen LogP contribution in [-0.2, 0) is 11.2 Å². The second-order valence-corrected chi connectivity index (χ2v) is 7.12. The number of hydrogen-bond acceptors (Lipinski definition) is 5. The molecule has 1 amide bonds. The highest BCUT2D eigenvalue weighted by Gasteiger charge is 2.16. The molecule has 1 heterocycles. The highest BCUT2D eigenvalue weighted by molar-refractivity contribution is 5.92. The number of benzene rings is 2. The molecular formula is C24H30N2O4. The lowest BCUT2D eigenvalue weighted by molar-refractivity contribution is -0.116. The first-order chi connectivity index (χ1) is 14.7. The normalized spacial score (nSPS) is 13.1. The number of nitrogens with zero attached hydrogens (tertiary/aromatic N) is 1. The molecule has 2 aromatic carbocycles. The zero-order chi connectivity index (χ0) is 21.3. The van der Waals surface area contributed by atoms with Crippen molar-refractivity contribution in [3.63, 3.8) is 0 Å². The van der Waals surface area contributed by atoms with Crippen LogP contribution >= 0.6 is 0 Å². The van der Waals surface area contributed by atoms with E-state index in [9.17, 15) is 4.79 Å². The van der Waals surface area contributed by atoms with Crippen molar-refractivity contribution in [1.29, 1.82) is 0 Å². The third-order valence-corrected chi connectivity index (χ3v) is 5.26. The average molecular weight is 411 g/mol. The number of rotatable bonds is 9. The maximum absolute atomic E-state index is 12.2. The van der Waals surface area contributed by atoms with Gasteiger partial charge in [-0.15, -0.1) is 0 Å². The Labute approximate surface area is 178 Å². The molecule has 6 nitrogen and oxygen atoms in total. The summed E-state index contributed by atoms with van der Waals surface area (Å²) in [6, 6.07) is 12.2. The fourth-order valence-corrected chi connectivity index (χ4v) is 3.81. The van der Waals surface area contributed by atoms with Gasteiger partial charge in [0, 0.05) is 37.0 Å². The monoisotopic (exact) mass is 410 g/mol. The van der Waals surface area contributed by atoms with Gasteiger partial charge in [0.1, 0.15) is 0 Å². The molecule has 0 unspecified atom stereocenters. The van der Waals surface area contributed by atoms with E-state index in [-0.39, 0.29) is 5.91 Å². The number of para-hydroxylation sites is 1. The summed E-state index contributed by atoms with van der Waals surface area (Å²) in [4.78, 5) is 14.6. The van der Waals surface area contributed by atoms with Gasteiger partial charge in [-0.25, -0.2) is 0 Å². The predicted octanol–water partition coefficient (Wildman–Crippen LogP) is 3.68. The van der Waals surface area contributed by atoms with Crippen molar-refractivity contribution in [3.05, 3.63) is 53.6 Å². The summed E-state index contributed by atoms with van der Waals surface area (Å²) in [6.07, 6.45) is 6.46. The molecule has 0 aromatic heterocycles. The number of carbonyl (C=O) groups is 1. The minimum Gasteiger partial charge on any atom is -0.493 e. The van der Waals surface area contributed by atoms with Crippen molar-refractivity contribution in [2.24, 2.45) is 0 Å². The summed E-state index contributed by atoms with van der Waals surface area (Å²) in [7, 11) is 4.69. The quantitative estimate of drug-likeness (QED) is 0.505. The second kappa shape index (κ2) is 10.6. The summed E-state index contributed by atoms with van der Waals surface area (Å²) in [5.74, 6) is 1.48. The first-order valence-electron chi connectivity index (χ1n) is 10.3. The maximum atomic E-state index is 12.2. The van der Waals surface area contributed by atoms with Crippen LogP contribution in [0.4, 0.5) is 5.69 Å². The smallest absolute Gasteiger partial charge is 0.244 e. The van der Waals surface area contributed by atoms with Crippen LogP contribution in [0.25, 0.3) is 6.08 Å². The Kier molecular flexibility index (Phi) is 7.60. The number of aryl methyl sites for hydroxylation is 1. The Morgan fingerprint density at radius 1 is 1.07 bits per heavy atom. The Morgan fingerprint density at radius 3 is 2.63 bits per heavy atom. The highest BCUT2D eigenvalue weighted by atomic mass is 16.5. The van der Waals surface area contributed by atoms with Crippen LogP contribution in [0.1, 0.15) is 24.0 Å². The van der Waals surface area contributed by atoms with Gasteiger partial charge in [0.2, 0.25) is 11.7 Å². The Hall–Kier alpha value is -3.15. The summed E-state index contributed by atoms with van der Waals surface area (Å²) in [6.45, 7) is 2.64. The molecule has 6 heteroatoms. The van der Waals surface area contributed by atoms with Gasteiger partial charge < -0.3 is 24.4 Å². The molecule has 0 atom stereocenters. The lowest BCUT2D eigenvalue weighted by atomic mass is 10.0. The van der Waals surface area contributed by atoms with Crippen LogP contribution in [-0.4, -0.2) is 46.9 Å². The van der Waals surface area contributed by atoms with Gasteiger partial charge in [-0.3, -0.25) is 4.79 Å².